The normalized spacial score (nSPS) is 12.8. The lowest BCUT2D eigenvalue weighted by molar-refractivity contribution is 0.0453. The predicted octanol–water partition coefficient (Wildman–Crippen LogP) is 3.59. The summed E-state index contributed by atoms with van der Waals surface area (Å²) in [6.45, 7) is 13.6. The van der Waals surface area contributed by atoms with Crippen molar-refractivity contribution >= 4 is 0 Å². The summed E-state index contributed by atoms with van der Waals surface area (Å²) in [4.78, 5) is 0. The van der Waals surface area contributed by atoms with Gasteiger partial charge in [-0.05, 0) is 36.4 Å². The summed E-state index contributed by atoms with van der Waals surface area (Å²) in [6, 6.07) is 8.75. The number of ether oxygens (including phenoxy) is 2. The quantitative estimate of drug-likeness (QED) is 0.633. The van der Waals surface area contributed by atoms with Crippen molar-refractivity contribution in [1.29, 1.82) is 0 Å². The van der Waals surface area contributed by atoms with Crippen LogP contribution in [0.2, 0.25) is 0 Å². The van der Waals surface area contributed by atoms with E-state index in [4.69, 9.17) is 9.47 Å². The van der Waals surface area contributed by atoms with E-state index in [1.807, 2.05) is 6.92 Å². The number of rotatable bonds is 11. The van der Waals surface area contributed by atoms with Crippen LogP contribution in [0.3, 0.4) is 0 Å². The molecule has 21 heavy (non-hydrogen) atoms. The Kier molecular flexibility index (Phi) is 9.31. The van der Waals surface area contributed by atoms with E-state index in [9.17, 15) is 0 Å². The second kappa shape index (κ2) is 10.8. The molecule has 1 unspecified atom stereocenters. The lowest BCUT2D eigenvalue weighted by Crippen LogP contribution is -2.24. The van der Waals surface area contributed by atoms with Gasteiger partial charge in [-0.3, -0.25) is 0 Å². The van der Waals surface area contributed by atoms with Gasteiger partial charge in [-0.25, -0.2) is 0 Å². The fourth-order valence-corrected chi connectivity index (χ4v) is 2.10. The minimum atomic E-state index is 0.539. The van der Waals surface area contributed by atoms with E-state index in [1.165, 1.54) is 11.1 Å². The van der Waals surface area contributed by atoms with E-state index in [0.717, 1.165) is 19.7 Å². The Labute approximate surface area is 130 Å². The summed E-state index contributed by atoms with van der Waals surface area (Å²) in [6.07, 6.45) is 0. The van der Waals surface area contributed by atoms with Crippen molar-refractivity contribution in [3.63, 3.8) is 0 Å². The molecule has 1 rings (SSSR count). The number of nitrogens with one attached hydrogen (secondary N) is 1. The molecule has 0 aliphatic heterocycles. The first kappa shape index (κ1) is 18.1. The van der Waals surface area contributed by atoms with Gasteiger partial charge in [0, 0.05) is 13.2 Å². The van der Waals surface area contributed by atoms with Crippen molar-refractivity contribution < 1.29 is 9.47 Å². The first-order chi connectivity index (χ1) is 10.1. The lowest BCUT2D eigenvalue weighted by Gasteiger charge is -2.15. The molecule has 1 aromatic rings. The Hall–Kier alpha value is -0.900. The van der Waals surface area contributed by atoms with E-state index < -0.39 is 0 Å². The first-order valence-corrected chi connectivity index (χ1v) is 8.08. The molecular weight excluding hydrogens is 262 g/mol. The third-order valence-electron chi connectivity index (χ3n) is 3.40. The molecule has 0 aliphatic carbocycles. The smallest absolute Gasteiger partial charge is 0.0718 e. The molecule has 120 valence electrons. The van der Waals surface area contributed by atoms with Crippen LogP contribution >= 0.6 is 0 Å². The molecule has 0 aliphatic rings. The van der Waals surface area contributed by atoms with Crippen LogP contribution in [0.4, 0.5) is 0 Å². The molecule has 1 aromatic carbocycles. The largest absolute Gasteiger partial charge is 0.379 e. The predicted molar refractivity (Wildman–Crippen MR) is 88.7 cm³/mol. The first-order valence-electron chi connectivity index (χ1n) is 8.08. The van der Waals surface area contributed by atoms with Gasteiger partial charge in [0.1, 0.15) is 0 Å². The number of hydrogen-bond donors (Lipinski definition) is 1. The summed E-state index contributed by atoms with van der Waals surface area (Å²) < 4.78 is 10.8. The minimum Gasteiger partial charge on any atom is -0.379 e. The second-order valence-electron chi connectivity index (χ2n) is 5.94. The Morgan fingerprint density at radius 1 is 0.952 bits per heavy atom. The Bertz CT molecular complexity index is 362. The number of benzene rings is 1. The van der Waals surface area contributed by atoms with Gasteiger partial charge in [0.05, 0.1) is 19.8 Å². The van der Waals surface area contributed by atoms with Crippen LogP contribution in [-0.2, 0) is 16.1 Å². The van der Waals surface area contributed by atoms with E-state index in [2.05, 4.69) is 50.4 Å². The van der Waals surface area contributed by atoms with Crippen molar-refractivity contribution in [2.75, 3.05) is 32.9 Å². The average Bonchev–Trinajstić information content (AvgIpc) is 2.47. The lowest BCUT2D eigenvalue weighted by atomic mass is 10.00. The van der Waals surface area contributed by atoms with Gasteiger partial charge in [-0.1, -0.05) is 45.0 Å². The van der Waals surface area contributed by atoms with Gasteiger partial charge in [-0.15, -0.1) is 0 Å². The fourth-order valence-electron chi connectivity index (χ4n) is 2.10. The maximum Gasteiger partial charge on any atom is 0.0718 e. The second-order valence-corrected chi connectivity index (χ2v) is 5.94. The Morgan fingerprint density at radius 3 is 2.24 bits per heavy atom. The topological polar surface area (TPSA) is 30.5 Å². The molecule has 0 aromatic heterocycles. The summed E-state index contributed by atoms with van der Waals surface area (Å²) in [5.41, 5.74) is 2.60. The van der Waals surface area contributed by atoms with Crippen LogP contribution in [0.15, 0.2) is 24.3 Å². The molecule has 0 fully saturated rings. The molecule has 0 saturated heterocycles. The number of hydrogen-bond acceptors (Lipinski definition) is 3. The highest BCUT2D eigenvalue weighted by Crippen LogP contribution is 2.15. The molecule has 3 heteroatoms. The van der Waals surface area contributed by atoms with Crippen LogP contribution in [0, 0.1) is 5.92 Å². The molecule has 0 bridgehead atoms. The summed E-state index contributed by atoms with van der Waals surface area (Å²) in [5.74, 6) is 1.24. The van der Waals surface area contributed by atoms with Gasteiger partial charge < -0.3 is 14.8 Å². The van der Waals surface area contributed by atoms with Crippen molar-refractivity contribution in [2.24, 2.45) is 5.92 Å². The average molecular weight is 293 g/mol. The summed E-state index contributed by atoms with van der Waals surface area (Å²) in [7, 11) is 0. The third kappa shape index (κ3) is 8.20. The van der Waals surface area contributed by atoms with Crippen molar-refractivity contribution in [3.8, 4) is 0 Å². The Morgan fingerprint density at radius 2 is 1.62 bits per heavy atom. The van der Waals surface area contributed by atoms with Crippen molar-refractivity contribution in [2.45, 2.75) is 40.2 Å². The van der Waals surface area contributed by atoms with Crippen LogP contribution < -0.4 is 5.32 Å². The zero-order valence-electron chi connectivity index (χ0n) is 14.0. The zero-order chi connectivity index (χ0) is 15.5. The molecule has 3 nitrogen and oxygen atoms in total. The van der Waals surface area contributed by atoms with Crippen LogP contribution in [-0.4, -0.2) is 32.9 Å². The van der Waals surface area contributed by atoms with Crippen LogP contribution in [0.25, 0.3) is 0 Å². The monoisotopic (exact) mass is 293 g/mol. The zero-order valence-corrected chi connectivity index (χ0v) is 14.0. The molecule has 0 saturated carbocycles. The summed E-state index contributed by atoms with van der Waals surface area (Å²) in [5, 5.41) is 3.51. The Balaban J connectivity index is 2.28. The highest BCUT2D eigenvalue weighted by atomic mass is 16.5. The molecule has 0 amide bonds. The van der Waals surface area contributed by atoms with Crippen molar-refractivity contribution in [3.05, 3.63) is 35.4 Å². The van der Waals surface area contributed by atoms with Gasteiger partial charge in [0.15, 0.2) is 0 Å². The van der Waals surface area contributed by atoms with Gasteiger partial charge >= 0.3 is 0 Å². The standard InChI is InChI=1S/C18H31NO2/c1-5-20-10-11-21-14-17-6-8-18(9-7-17)16(4)13-19-12-15(2)3/h6-9,15-16,19H,5,10-14H2,1-4H3. The van der Waals surface area contributed by atoms with E-state index in [-0.39, 0.29) is 0 Å². The molecule has 0 spiro atoms. The minimum absolute atomic E-state index is 0.539. The van der Waals surface area contributed by atoms with Crippen molar-refractivity contribution in [1.82, 2.24) is 5.32 Å². The van der Waals surface area contributed by atoms with Crippen LogP contribution in [0.1, 0.15) is 44.7 Å². The molecule has 0 radical (unpaired) electrons. The third-order valence-corrected chi connectivity index (χ3v) is 3.40. The fraction of sp³-hybridized carbons (Fsp3) is 0.667. The molecule has 1 atom stereocenters. The summed E-state index contributed by atoms with van der Waals surface area (Å²) >= 11 is 0. The van der Waals surface area contributed by atoms with E-state index >= 15 is 0 Å². The van der Waals surface area contributed by atoms with Gasteiger partial charge in [0.25, 0.3) is 0 Å². The highest BCUT2D eigenvalue weighted by Gasteiger charge is 2.05. The molecular formula is C18H31NO2. The molecule has 0 heterocycles. The van der Waals surface area contributed by atoms with E-state index in [1.54, 1.807) is 0 Å². The maximum absolute atomic E-state index is 5.58. The van der Waals surface area contributed by atoms with E-state index in [0.29, 0.717) is 31.7 Å². The molecule has 1 N–H and O–H groups in total. The van der Waals surface area contributed by atoms with Crippen LogP contribution in [0.5, 0.6) is 0 Å². The van der Waals surface area contributed by atoms with Gasteiger partial charge in [0.2, 0.25) is 0 Å². The SMILES string of the molecule is CCOCCOCc1ccc(C(C)CNCC(C)C)cc1. The van der Waals surface area contributed by atoms with Gasteiger partial charge in [-0.2, -0.15) is 0 Å². The highest BCUT2D eigenvalue weighted by molar-refractivity contribution is 5.24. The maximum atomic E-state index is 5.58.